The van der Waals surface area contributed by atoms with Crippen LogP contribution in [0.4, 0.5) is 0 Å². The number of carbonyl (C=O) groups is 5. The van der Waals surface area contributed by atoms with Crippen molar-refractivity contribution in [3.05, 3.63) is 35.9 Å². The molecule has 0 radical (unpaired) electrons. The summed E-state index contributed by atoms with van der Waals surface area (Å²) in [6.45, 7) is -0.428. The van der Waals surface area contributed by atoms with E-state index in [1.165, 1.54) is 0 Å². The highest BCUT2D eigenvalue weighted by atomic mass is 32.1. The molecular formula is C19H27N5O6S. The quantitative estimate of drug-likeness (QED) is 0.166. The SMILES string of the molecule is NC(=O)CCC(NC(=O)C(Cc1ccccc1)NC(=O)CNC(=O)C(N)CS)C(=O)O. The number of amides is 4. The number of aliphatic carboxylic acids is 1. The number of carbonyl (C=O) groups excluding carboxylic acids is 4. The van der Waals surface area contributed by atoms with Gasteiger partial charge in [0.15, 0.2) is 0 Å². The lowest BCUT2D eigenvalue weighted by molar-refractivity contribution is -0.142. The molecule has 31 heavy (non-hydrogen) atoms. The van der Waals surface area contributed by atoms with E-state index >= 15 is 0 Å². The first-order valence-corrected chi connectivity index (χ1v) is 10.1. The summed E-state index contributed by atoms with van der Waals surface area (Å²) in [6.07, 6.45) is -0.352. The van der Waals surface area contributed by atoms with Crippen molar-refractivity contribution in [2.75, 3.05) is 12.3 Å². The summed E-state index contributed by atoms with van der Waals surface area (Å²) in [6, 6.07) is 5.38. The van der Waals surface area contributed by atoms with Crippen LogP contribution < -0.4 is 27.4 Å². The van der Waals surface area contributed by atoms with E-state index < -0.39 is 54.3 Å². The molecule has 4 amide bonds. The molecular weight excluding hydrogens is 426 g/mol. The van der Waals surface area contributed by atoms with Gasteiger partial charge in [-0.3, -0.25) is 19.2 Å². The largest absolute Gasteiger partial charge is 0.480 e. The topological polar surface area (TPSA) is 194 Å². The maximum absolute atomic E-state index is 12.7. The van der Waals surface area contributed by atoms with Gasteiger partial charge in [-0.2, -0.15) is 12.6 Å². The third-order valence-corrected chi connectivity index (χ3v) is 4.58. The number of hydrogen-bond acceptors (Lipinski definition) is 7. The lowest BCUT2D eigenvalue weighted by Crippen LogP contribution is -2.54. The molecule has 3 atom stereocenters. The summed E-state index contributed by atoms with van der Waals surface area (Å²) in [4.78, 5) is 59.0. The maximum Gasteiger partial charge on any atom is 0.326 e. The Hall–Kier alpha value is -3.12. The van der Waals surface area contributed by atoms with E-state index in [0.29, 0.717) is 5.56 Å². The minimum Gasteiger partial charge on any atom is -0.480 e. The molecule has 0 saturated heterocycles. The van der Waals surface area contributed by atoms with Crippen LogP contribution in [-0.4, -0.2) is 65.1 Å². The van der Waals surface area contributed by atoms with Gasteiger partial charge in [0.1, 0.15) is 12.1 Å². The van der Waals surface area contributed by atoms with Crippen LogP contribution in [-0.2, 0) is 30.4 Å². The second-order valence-corrected chi connectivity index (χ2v) is 7.09. The molecule has 1 aromatic carbocycles. The Morgan fingerprint density at radius 3 is 2.19 bits per heavy atom. The number of rotatable bonds is 13. The van der Waals surface area contributed by atoms with Gasteiger partial charge < -0.3 is 32.5 Å². The Kier molecular flexibility index (Phi) is 11.1. The molecule has 0 bridgehead atoms. The zero-order valence-electron chi connectivity index (χ0n) is 16.7. The fourth-order valence-corrected chi connectivity index (χ4v) is 2.67. The van der Waals surface area contributed by atoms with Crippen molar-refractivity contribution >= 4 is 42.2 Å². The first-order valence-electron chi connectivity index (χ1n) is 9.43. The third-order valence-electron chi connectivity index (χ3n) is 4.18. The maximum atomic E-state index is 12.7. The zero-order valence-corrected chi connectivity index (χ0v) is 17.6. The molecule has 0 spiro atoms. The highest BCUT2D eigenvalue weighted by Gasteiger charge is 2.27. The van der Waals surface area contributed by atoms with Crippen molar-refractivity contribution in [1.29, 1.82) is 0 Å². The first-order chi connectivity index (χ1) is 14.6. The minimum absolute atomic E-state index is 0.0741. The highest BCUT2D eigenvalue weighted by molar-refractivity contribution is 7.80. The first kappa shape index (κ1) is 25.9. The number of carboxylic acid groups (broad SMARTS) is 1. The molecule has 0 heterocycles. The average molecular weight is 454 g/mol. The second kappa shape index (κ2) is 13.2. The van der Waals surface area contributed by atoms with E-state index in [4.69, 9.17) is 11.5 Å². The molecule has 0 fully saturated rings. The molecule has 12 heteroatoms. The lowest BCUT2D eigenvalue weighted by Gasteiger charge is -2.22. The van der Waals surface area contributed by atoms with Gasteiger partial charge in [0.05, 0.1) is 12.6 Å². The van der Waals surface area contributed by atoms with Crippen LogP contribution in [0.25, 0.3) is 0 Å². The number of hydrogen-bond donors (Lipinski definition) is 7. The predicted octanol–water partition coefficient (Wildman–Crippen LogP) is -2.08. The normalized spacial score (nSPS) is 13.4. The lowest BCUT2D eigenvalue weighted by atomic mass is 10.0. The summed E-state index contributed by atoms with van der Waals surface area (Å²) in [5.74, 6) is -3.95. The molecule has 0 aliphatic rings. The smallest absolute Gasteiger partial charge is 0.326 e. The molecule has 0 aliphatic carbocycles. The van der Waals surface area contributed by atoms with Crippen LogP contribution in [0.2, 0.25) is 0 Å². The summed E-state index contributed by atoms with van der Waals surface area (Å²) in [5.41, 5.74) is 11.3. The molecule has 8 N–H and O–H groups in total. The van der Waals surface area contributed by atoms with Crippen molar-refractivity contribution in [3.63, 3.8) is 0 Å². The molecule has 0 aromatic heterocycles. The van der Waals surface area contributed by atoms with Gasteiger partial charge in [0.25, 0.3) is 0 Å². The predicted molar refractivity (Wildman–Crippen MR) is 115 cm³/mol. The Bertz CT molecular complexity index is 791. The molecule has 1 aromatic rings. The van der Waals surface area contributed by atoms with E-state index in [2.05, 4.69) is 28.6 Å². The number of nitrogens with two attached hydrogens (primary N) is 2. The van der Waals surface area contributed by atoms with Crippen LogP contribution in [0.5, 0.6) is 0 Å². The van der Waals surface area contributed by atoms with Crippen molar-refractivity contribution < 1.29 is 29.1 Å². The second-order valence-electron chi connectivity index (χ2n) is 6.72. The van der Waals surface area contributed by atoms with E-state index in [1.807, 2.05) is 0 Å². The van der Waals surface area contributed by atoms with Crippen LogP contribution in [0.15, 0.2) is 30.3 Å². The van der Waals surface area contributed by atoms with Crippen molar-refractivity contribution in [2.24, 2.45) is 11.5 Å². The fourth-order valence-electron chi connectivity index (χ4n) is 2.50. The number of primary amides is 1. The van der Waals surface area contributed by atoms with Crippen LogP contribution >= 0.6 is 12.6 Å². The summed E-state index contributed by atoms with van der Waals surface area (Å²) in [7, 11) is 0. The van der Waals surface area contributed by atoms with Crippen LogP contribution in [0.3, 0.4) is 0 Å². The molecule has 0 aliphatic heterocycles. The Morgan fingerprint density at radius 2 is 1.65 bits per heavy atom. The van der Waals surface area contributed by atoms with Gasteiger partial charge >= 0.3 is 5.97 Å². The summed E-state index contributed by atoms with van der Waals surface area (Å²) in [5, 5.41) is 16.4. The standard InChI is InChI=1S/C19H27N5O6S/c20-12(10-31)17(27)22-9-16(26)23-14(8-11-4-2-1-3-5-11)18(28)24-13(19(29)30)6-7-15(21)25/h1-5,12-14,31H,6-10,20H2,(H2,21,25)(H,22,27)(H,23,26)(H,24,28)(H,29,30). The molecule has 0 saturated carbocycles. The Labute approximate surface area is 184 Å². The molecule has 11 nitrogen and oxygen atoms in total. The molecule has 170 valence electrons. The van der Waals surface area contributed by atoms with Crippen LogP contribution in [0.1, 0.15) is 18.4 Å². The van der Waals surface area contributed by atoms with Crippen molar-refractivity contribution in [2.45, 2.75) is 37.4 Å². The Balaban J connectivity index is 2.85. The van der Waals surface area contributed by atoms with Gasteiger partial charge in [-0.1, -0.05) is 30.3 Å². The minimum atomic E-state index is -1.36. The van der Waals surface area contributed by atoms with E-state index in [0.717, 1.165) is 0 Å². The van der Waals surface area contributed by atoms with E-state index in [-0.39, 0.29) is 25.0 Å². The van der Waals surface area contributed by atoms with Crippen LogP contribution in [0, 0.1) is 0 Å². The summed E-state index contributed by atoms with van der Waals surface area (Å²) >= 11 is 3.90. The third kappa shape index (κ3) is 9.96. The number of nitrogens with one attached hydrogen (secondary N) is 3. The van der Waals surface area contributed by atoms with Gasteiger partial charge in [0.2, 0.25) is 23.6 Å². The van der Waals surface area contributed by atoms with E-state index in [1.54, 1.807) is 30.3 Å². The van der Waals surface area contributed by atoms with Gasteiger partial charge in [-0.15, -0.1) is 0 Å². The monoisotopic (exact) mass is 453 g/mol. The average Bonchev–Trinajstić information content (AvgIpc) is 2.73. The Morgan fingerprint density at radius 1 is 1.00 bits per heavy atom. The number of benzene rings is 1. The molecule has 3 unspecified atom stereocenters. The fraction of sp³-hybridized carbons (Fsp3) is 0.421. The van der Waals surface area contributed by atoms with Crippen molar-refractivity contribution in [3.8, 4) is 0 Å². The highest BCUT2D eigenvalue weighted by Crippen LogP contribution is 2.05. The zero-order chi connectivity index (χ0) is 23.4. The van der Waals surface area contributed by atoms with E-state index in [9.17, 15) is 29.1 Å². The van der Waals surface area contributed by atoms with Gasteiger partial charge in [-0.05, 0) is 12.0 Å². The van der Waals surface area contributed by atoms with Gasteiger partial charge in [-0.25, -0.2) is 4.79 Å². The summed E-state index contributed by atoms with van der Waals surface area (Å²) < 4.78 is 0. The van der Waals surface area contributed by atoms with Crippen molar-refractivity contribution in [1.82, 2.24) is 16.0 Å². The van der Waals surface area contributed by atoms with Gasteiger partial charge in [0, 0.05) is 18.6 Å². The number of carboxylic acids is 1. The number of thiol groups is 1. The molecule has 1 rings (SSSR count).